The second kappa shape index (κ2) is 6.81. The monoisotopic (exact) mass is 332 g/mol. The van der Waals surface area contributed by atoms with Crippen molar-refractivity contribution >= 4 is 23.2 Å². The number of nitro groups is 1. The van der Waals surface area contributed by atoms with E-state index in [1.54, 1.807) is 6.07 Å². The standard InChI is InChI=1S/C15H20N6O3/c1-2-7-16-15(22)11-5-8-19(9-6-11)13-4-3-12-17-10-14(21(23)24)20(12)18-13/h3-4,10-11H,2,5-9H2,1H3,(H,16,22). The number of piperidine rings is 1. The van der Waals surface area contributed by atoms with Gasteiger partial charge in [-0.25, -0.2) is 4.98 Å². The van der Waals surface area contributed by atoms with Gasteiger partial charge < -0.3 is 20.3 Å². The summed E-state index contributed by atoms with van der Waals surface area (Å²) in [5.74, 6) is 0.654. The Kier molecular flexibility index (Phi) is 4.59. The van der Waals surface area contributed by atoms with Gasteiger partial charge in [0.1, 0.15) is 6.20 Å². The Morgan fingerprint density at radius 3 is 2.83 bits per heavy atom. The van der Waals surface area contributed by atoms with E-state index in [0.29, 0.717) is 31.1 Å². The Labute approximate surface area is 138 Å². The fourth-order valence-electron chi connectivity index (χ4n) is 2.91. The summed E-state index contributed by atoms with van der Waals surface area (Å²) in [6, 6.07) is 3.53. The summed E-state index contributed by atoms with van der Waals surface area (Å²) in [6.07, 6.45) is 3.64. The third-order valence-electron chi connectivity index (χ3n) is 4.26. The van der Waals surface area contributed by atoms with Crippen molar-refractivity contribution in [3.05, 3.63) is 28.4 Å². The number of aromatic nitrogens is 3. The molecule has 0 aromatic carbocycles. The molecule has 0 spiro atoms. The van der Waals surface area contributed by atoms with Crippen LogP contribution in [-0.2, 0) is 4.79 Å². The quantitative estimate of drug-likeness (QED) is 0.655. The molecule has 0 atom stereocenters. The number of rotatable bonds is 5. The molecule has 0 aliphatic carbocycles. The van der Waals surface area contributed by atoms with Crippen molar-refractivity contribution in [1.29, 1.82) is 0 Å². The Bertz CT molecular complexity index is 751. The van der Waals surface area contributed by atoms with E-state index in [4.69, 9.17) is 0 Å². The van der Waals surface area contributed by atoms with Gasteiger partial charge in [-0.2, -0.15) is 0 Å². The van der Waals surface area contributed by atoms with E-state index >= 15 is 0 Å². The number of anilines is 1. The highest BCUT2D eigenvalue weighted by Crippen LogP contribution is 2.23. The summed E-state index contributed by atoms with van der Waals surface area (Å²) < 4.78 is 1.25. The molecule has 9 nitrogen and oxygen atoms in total. The van der Waals surface area contributed by atoms with Crippen LogP contribution in [-0.4, -0.2) is 45.1 Å². The van der Waals surface area contributed by atoms with Gasteiger partial charge in [-0.3, -0.25) is 4.79 Å². The number of amides is 1. The van der Waals surface area contributed by atoms with E-state index in [0.717, 1.165) is 19.3 Å². The van der Waals surface area contributed by atoms with E-state index in [9.17, 15) is 14.9 Å². The van der Waals surface area contributed by atoms with E-state index < -0.39 is 4.92 Å². The number of carbonyl (C=O) groups excluding carboxylic acids is 1. The number of imidazole rings is 1. The number of hydrogen-bond donors (Lipinski definition) is 1. The molecule has 9 heteroatoms. The van der Waals surface area contributed by atoms with Crippen LogP contribution in [0.3, 0.4) is 0 Å². The van der Waals surface area contributed by atoms with Crippen LogP contribution >= 0.6 is 0 Å². The van der Waals surface area contributed by atoms with Gasteiger partial charge in [-0.15, -0.1) is 0 Å². The predicted octanol–water partition coefficient (Wildman–Crippen LogP) is 1.38. The van der Waals surface area contributed by atoms with Crippen LogP contribution in [0.5, 0.6) is 0 Å². The molecule has 2 aromatic heterocycles. The maximum absolute atomic E-state index is 12.0. The number of nitrogens with zero attached hydrogens (tertiary/aromatic N) is 5. The van der Waals surface area contributed by atoms with Gasteiger partial charge in [-0.1, -0.05) is 16.5 Å². The van der Waals surface area contributed by atoms with Gasteiger partial charge in [0.05, 0.1) is 0 Å². The normalized spacial score (nSPS) is 15.6. The average Bonchev–Trinajstić information content (AvgIpc) is 3.03. The van der Waals surface area contributed by atoms with Crippen LogP contribution in [0.1, 0.15) is 26.2 Å². The van der Waals surface area contributed by atoms with Crippen LogP contribution in [0.2, 0.25) is 0 Å². The minimum Gasteiger partial charge on any atom is -0.358 e. The first-order valence-electron chi connectivity index (χ1n) is 8.12. The third kappa shape index (κ3) is 3.15. The first-order valence-corrected chi connectivity index (χ1v) is 8.12. The molecule has 1 aliphatic heterocycles. The van der Waals surface area contributed by atoms with Crippen molar-refractivity contribution in [2.45, 2.75) is 26.2 Å². The van der Waals surface area contributed by atoms with Crippen LogP contribution < -0.4 is 10.2 Å². The lowest BCUT2D eigenvalue weighted by Crippen LogP contribution is -2.41. The molecule has 1 fully saturated rings. The summed E-state index contributed by atoms with van der Waals surface area (Å²) in [6.45, 7) is 4.14. The van der Waals surface area contributed by atoms with Crippen molar-refractivity contribution < 1.29 is 9.72 Å². The Morgan fingerprint density at radius 2 is 2.17 bits per heavy atom. The van der Waals surface area contributed by atoms with E-state index in [1.165, 1.54) is 10.7 Å². The smallest absolute Gasteiger partial charge is 0.358 e. The molecule has 0 radical (unpaired) electrons. The summed E-state index contributed by atoms with van der Waals surface area (Å²) in [5.41, 5.74) is 0.444. The lowest BCUT2D eigenvalue weighted by molar-refractivity contribution is -0.391. The van der Waals surface area contributed by atoms with Crippen molar-refractivity contribution in [3.63, 3.8) is 0 Å². The zero-order chi connectivity index (χ0) is 17.1. The van der Waals surface area contributed by atoms with E-state index in [1.807, 2.05) is 17.9 Å². The highest BCUT2D eigenvalue weighted by atomic mass is 16.6. The molecule has 1 amide bonds. The molecule has 1 aliphatic rings. The minimum atomic E-state index is -0.499. The highest BCUT2D eigenvalue weighted by molar-refractivity contribution is 5.78. The second-order valence-electron chi connectivity index (χ2n) is 5.89. The number of nitrogens with one attached hydrogen (secondary N) is 1. The Balaban J connectivity index is 1.70. The molecule has 128 valence electrons. The average molecular weight is 332 g/mol. The summed E-state index contributed by atoms with van der Waals surface area (Å²) in [7, 11) is 0. The van der Waals surface area contributed by atoms with Gasteiger partial charge in [0.2, 0.25) is 11.6 Å². The van der Waals surface area contributed by atoms with E-state index in [-0.39, 0.29) is 17.6 Å². The van der Waals surface area contributed by atoms with Crippen molar-refractivity contribution in [2.75, 3.05) is 24.5 Å². The van der Waals surface area contributed by atoms with Crippen molar-refractivity contribution in [2.24, 2.45) is 5.92 Å². The molecule has 1 N–H and O–H groups in total. The van der Waals surface area contributed by atoms with Crippen LogP contribution in [0.15, 0.2) is 18.3 Å². The van der Waals surface area contributed by atoms with Crippen molar-refractivity contribution in [1.82, 2.24) is 19.9 Å². The van der Waals surface area contributed by atoms with E-state index in [2.05, 4.69) is 15.4 Å². The lowest BCUT2D eigenvalue weighted by Gasteiger charge is -2.31. The molecular formula is C15H20N6O3. The Hall–Kier alpha value is -2.71. The summed E-state index contributed by atoms with van der Waals surface area (Å²) in [5, 5.41) is 18.3. The molecule has 0 bridgehead atoms. The predicted molar refractivity (Wildman–Crippen MR) is 87.9 cm³/mol. The fraction of sp³-hybridized carbons (Fsp3) is 0.533. The molecule has 24 heavy (non-hydrogen) atoms. The molecule has 3 heterocycles. The fourth-order valence-corrected chi connectivity index (χ4v) is 2.91. The van der Waals surface area contributed by atoms with Gasteiger partial charge in [0.15, 0.2) is 5.82 Å². The second-order valence-corrected chi connectivity index (χ2v) is 5.89. The number of hydrogen-bond acceptors (Lipinski definition) is 6. The number of fused-ring (bicyclic) bond motifs is 1. The zero-order valence-corrected chi connectivity index (χ0v) is 13.5. The van der Waals surface area contributed by atoms with Crippen LogP contribution in [0.25, 0.3) is 5.65 Å². The zero-order valence-electron chi connectivity index (χ0n) is 13.5. The summed E-state index contributed by atoms with van der Waals surface area (Å²) in [4.78, 5) is 28.6. The first-order chi connectivity index (χ1) is 11.6. The van der Waals surface area contributed by atoms with Gasteiger partial charge >= 0.3 is 5.82 Å². The molecular weight excluding hydrogens is 312 g/mol. The third-order valence-corrected chi connectivity index (χ3v) is 4.26. The molecule has 3 rings (SSSR count). The summed E-state index contributed by atoms with van der Waals surface area (Å²) >= 11 is 0. The molecule has 2 aromatic rings. The van der Waals surface area contributed by atoms with Crippen molar-refractivity contribution in [3.8, 4) is 0 Å². The van der Waals surface area contributed by atoms with Gasteiger partial charge in [0.25, 0.3) is 0 Å². The van der Waals surface area contributed by atoms with Crippen LogP contribution in [0, 0.1) is 16.0 Å². The lowest BCUT2D eigenvalue weighted by atomic mass is 9.96. The Morgan fingerprint density at radius 1 is 1.42 bits per heavy atom. The topological polar surface area (TPSA) is 106 Å². The molecule has 0 unspecified atom stereocenters. The molecule has 0 saturated carbocycles. The maximum Gasteiger partial charge on any atom is 0.368 e. The first kappa shape index (κ1) is 16.2. The minimum absolute atomic E-state index is 0.0270. The van der Waals surface area contributed by atoms with Gasteiger partial charge in [0, 0.05) is 31.6 Å². The molecule has 1 saturated heterocycles. The largest absolute Gasteiger partial charge is 0.368 e. The maximum atomic E-state index is 12.0. The van der Waals surface area contributed by atoms with Crippen LogP contribution in [0.4, 0.5) is 11.6 Å². The highest BCUT2D eigenvalue weighted by Gasteiger charge is 2.26. The number of carbonyl (C=O) groups is 1. The van der Waals surface area contributed by atoms with Gasteiger partial charge in [-0.05, 0) is 30.3 Å². The SMILES string of the molecule is CCCNC(=O)C1CCN(c2ccc3ncc([N+](=O)[O-])n3n2)CC1.